The third kappa shape index (κ3) is 2.28. The van der Waals surface area contributed by atoms with Crippen molar-refractivity contribution >= 4 is 5.97 Å². The quantitative estimate of drug-likeness (QED) is 0.734. The Hall–Kier alpha value is -2.09. The number of carbonyl (C=O) groups is 1. The Morgan fingerprint density at radius 1 is 1.56 bits per heavy atom. The molecular weight excluding hydrogens is 213 g/mol. The van der Waals surface area contributed by atoms with Crippen LogP contribution in [-0.4, -0.2) is 19.7 Å². The van der Waals surface area contributed by atoms with Gasteiger partial charge in [-0.2, -0.15) is 5.26 Å². The molecule has 0 aromatic heterocycles. The fraction of sp³-hybridized carbons (Fsp3) is 0.273. The molecule has 0 radical (unpaired) electrons. The maximum absolute atomic E-state index is 13.2. The summed E-state index contributed by atoms with van der Waals surface area (Å²) in [6.45, 7) is 1.83. The second kappa shape index (κ2) is 5.12. The number of methoxy groups -OCH3 is 1. The van der Waals surface area contributed by atoms with Crippen molar-refractivity contribution in [2.24, 2.45) is 0 Å². The highest BCUT2D eigenvalue weighted by Crippen LogP contribution is 2.22. The molecule has 0 aliphatic rings. The molecule has 0 bridgehead atoms. The van der Waals surface area contributed by atoms with E-state index in [0.29, 0.717) is 0 Å². The number of carbonyl (C=O) groups excluding carboxylic acids is 1. The second-order valence-electron chi connectivity index (χ2n) is 2.86. The molecule has 0 N–H and O–H groups in total. The number of halogens is 1. The highest BCUT2D eigenvalue weighted by Gasteiger charge is 2.17. The van der Waals surface area contributed by atoms with Crippen molar-refractivity contribution < 1.29 is 18.7 Å². The lowest BCUT2D eigenvalue weighted by atomic mass is 10.1. The zero-order chi connectivity index (χ0) is 12.1. The van der Waals surface area contributed by atoms with E-state index in [-0.39, 0.29) is 23.5 Å². The summed E-state index contributed by atoms with van der Waals surface area (Å²) in [5.74, 6) is -1.45. The molecule has 1 rings (SSSR count). The Morgan fingerprint density at radius 3 is 2.75 bits per heavy atom. The zero-order valence-electron chi connectivity index (χ0n) is 8.91. The normalized spacial score (nSPS) is 9.38. The Balaban J connectivity index is 3.26. The van der Waals surface area contributed by atoms with Crippen LogP contribution in [0.1, 0.15) is 22.8 Å². The molecule has 4 nitrogen and oxygen atoms in total. The van der Waals surface area contributed by atoms with Gasteiger partial charge in [0, 0.05) is 0 Å². The van der Waals surface area contributed by atoms with E-state index >= 15 is 0 Å². The van der Waals surface area contributed by atoms with Crippen molar-refractivity contribution in [1.82, 2.24) is 0 Å². The van der Waals surface area contributed by atoms with Crippen molar-refractivity contribution in [1.29, 1.82) is 5.26 Å². The molecule has 0 unspecified atom stereocenters. The summed E-state index contributed by atoms with van der Waals surface area (Å²) >= 11 is 0. The third-order valence-corrected chi connectivity index (χ3v) is 1.91. The minimum Gasteiger partial charge on any atom is -0.494 e. The number of rotatable bonds is 3. The molecule has 1 aromatic rings. The molecule has 84 valence electrons. The molecule has 0 saturated heterocycles. The molecule has 0 saturated carbocycles. The summed E-state index contributed by atoms with van der Waals surface area (Å²) < 4.78 is 22.7. The lowest BCUT2D eigenvalue weighted by Gasteiger charge is -2.07. The fourth-order valence-corrected chi connectivity index (χ4v) is 1.18. The minimum atomic E-state index is -0.688. The standard InChI is InChI=1S/C11H10FNO3/c1-3-16-11(14)8-5-10(15-2)9(12)4-7(8)6-13/h4-5H,3H2,1-2H3. The van der Waals surface area contributed by atoms with Gasteiger partial charge in [-0.15, -0.1) is 0 Å². The molecule has 0 atom stereocenters. The van der Waals surface area contributed by atoms with E-state index in [2.05, 4.69) is 0 Å². The monoisotopic (exact) mass is 223 g/mol. The van der Waals surface area contributed by atoms with E-state index in [1.807, 2.05) is 0 Å². The maximum atomic E-state index is 13.2. The lowest BCUT2D eigenvalue weighted by molar-refractivity contribution is 0.0525. The van der Waals surface area contributed by atoms with Crippen LogP contribution in [0.4, 0.5) is 4.39 Å². The van der Waals surface area contributed by atoms with Crippen molar-refractivity contribution in [3.63, 3.8) is 0 Å². The SMILES string of the molecule is CCOC(=O)c1cc(OC)c(F)cc1C#N. The first-order valence-corrected chi connectivity index (χ1v) is 4.58. The second-order valence-corrected chi connectivity index (χ2v) is 2.86. The highest BCUT2D eigenvalue weighted by molar-refractivity contribution is 5.92. The number of hydrogen-bond donors (Lipinski definition) is 0. The van der Waals surface area contributed by atoms with Gasteiger partial charge in [0.2, 0.25) is 0 Å². The van der Waals surface area contributed by atoms with E-state index < -0.39 is 11.8 Å². The predicted molar refractivity (Wildman–Crippen MR) is 53.6 cm³/mol. The van der Waals surface area contributed by atoms with Gasteiger partial charge in [-0.05, 0) is 19.1 Å². The van der Waals surface area contributed by atoms with Gasteiger partial charge < -0.3 is 9.47 Å². The average Bonchev–Trinajstić information content (AvgIpc) is 2.28. The smallest absolute Gasteiger partial charge is 0.339 e. The van der Waals surface area contributed by atoms with Gasteiger partial charge in [0.15, 0.2) is 11.6 Å². The van der Waals surface area contributed by atoms with Gasteiger partial charge in [0.05, 0.1) is 24.8 Å². The molecule has 5 heteroatoms. The molecule has 0 fully saturated rings. The van der Waals surface area contributed by atoms with E-state index in [9.17, 15) is 9.18 Å². The van der Waals surface area contributed by atoms with E-state index in [1.54, 1.807) is 13.0 Å². The minimum absolute atomic E-state index is 0.00241. The molecule has 0 spiro atoms. The number of nitriles is 1. The van der Waals surface area contributed by atoms with Gasteiger partial charge in [-0.25, -0.2) is 9.18 Å². The molecule has 0 aliphatic heterocycles. The van der Waals surface area contributed by atoms with Crippen LogP contribution in [-0.2, 0) is 4.74 Å². The first kappa shape index (κ1) is 12.0. The Morgan fingerprint density at radius 2 is 2.25 bits per heavy atom. The number of benzene rings is 1. The van der Waals surface area contributed by atoms with Crippen LogP contribution in [0.2, 0.25) is 0 Å². The Labute approximate surface area is 92.2 Å². The van der Waals surface area contributed by atoms with Crippen molar-refractivity contribution in [2.75, 3.05) is 13.7 Å². The van der Waals surface area contributed by atoms with E-state index in [1.165, 1.54) is 7.11 Å². The van der Waals surface area contributed by atoms with Crippen LogP contribution in [0.3, 0.4) is 0 Å². The molecule has 1 aromatic carbocycles. The fourth-order valence-electron chi connectivity index (χ4n) is 1.18. The molecule has 0 aliphatic carbocycles. The van der Waals surface area contributed by atoms with E-state index in [4.69, 9.17) is 14.7 Å². The Bertz CT molecular complexity index is 451. The first-order chi connectivity index (χ1) is 7.63. The molecule has 16 heavy (non-hydrogen) atoms. The number of hydrogen-bond acceptors (Lipinski definition) is 4. The van der Waals surface area contributed by atoms with Crippen LogP contribution >= 0.6 is 0 Å². The van der Waals surface area contributed by atoms with Crippen LogP contribution in [0.25, 0.3) is 0 Å². The third-order valence-electron chi connectivity index (χ3n) is 1.91. The van der Waals surface area contributed by atoms with Crippen LogP contribution < -0.4 is 4.74 Å². The van der Waals surface area contributed by atoms with Crippen LogP contribution in [0.15, 0.2) is 12.1 Å². The lowest BCUT2D eigenvalue weighted by Crippen LogP contribution is -2.08. The number of esters is 1. The summed E-state index contributed by atoms with van der Waals surface area (Å²) in [5, 5.41) is 8.76. The number of ether oxygens (including phenoxy) is 2. The molecule has 0 heterocycles. The summed E-state index contributed by atoms with van der Waals surface area (Å²) in [4.78, 5) is 11.5. The van der Waals surface area contributed by atoms with Gasteiger partial charge >= 0.3 is 5.97 Å². The largest absolute Gasteiger partial charge is 0.494 e. The summed E-state index contributed by atoms with van der Waals surface area (Å²) in [7, 11) is 1.28. The predicted octanol–water partition coefficient (Wildman–Crippen LogP) is 1.88. The van der Waals surface area contributed by atoms with Crippen LogP contribution in [0, 0.1) is 17.1 Å². The average molecular weight is 223 g/mol. The maximum Gasteiger partial charge on any atom is 0.339 e. The van der Waals surface area contributed by atoms with Gasteiger partial charge in [-0.1, -0.05) is 0 Å². The Kier molecular flexibility index (Phi) is 3.84. The van der Waals surface area contributed by atoms with Gasteiger partial charge in [-0.3, -0.25) is 0 Å². The van der Waals surface area contributed by atoms with E-state index in [0.717, 1.165) is 12.1 Å². The summed E-state index contributed by atoms with van der Waals surface area (Å²) in [5.41, 5.74) is -0.0700. The van der Waals surface area contributed by atoms with Gasteiger partial charge in [0.25, 0.3) is 0 Å². The van der Waals surface area contributed by atoms with Crippen LogP contribution in [0.5, 0.6) is 5.75 Å². The summed E-state index contributed by atoms with van der Waals surface area (Å²) in [6, 6.07) is 3.84. The van der Waals surface area contributed by atoms with Crippen molar-refractivity contribution in [3.05, 3.63) is 29.1 Å². The topological polar surface area (TPSA) is 59.3 Å². The number of nitrogens with zero attached hydrogens (tertiary/aromatic N) is 1. The summed E-state index contributed by atoms with van der Waals surface area (Å²) in [6.07, 6.45) is 0. The molecular formula is C11H10FNO3. The molecule has 0 amide bonds. The van der Waals surface area contributed by atoms with Crippen molar-refractivity contribution in [2.45, 2.75) is 6.92 Å². The zero-order valence-corrected chi connectivity index (χ0v) is 8.91. The highest BCUT2D eigenvalue weighted by atomic mass is 19.1. The first-order valence-electron chi connectivity index (χ1n) is 4.58. The van der Waals surface area contributed by atoms with Gasteiger partial charge in [0.1, 0.15) is 6.07 Å². The van der Waals surface area contributed by atoms with Crippen molar-refractivity contribution in [3.8, 4) is 11.8 Å².